The van der Waals surface area contributed by atoms with Crippen molar-refractivity contribution in [3.05, 3.63) is 76.4 Å². The number of rotatable bonds is 11. The summed E-state index contributed by atoms with van der Waals surface area (Å²) in [7, 11) is 5.31. The summed E-state index contributed by atoms with van der Waals surface area (Å²) in [6.07, 6.45) is 3.39. The molecule has 2 aliphatic carbocycles. The largest absolute Gasteiger partial charge is 0.389 e. The minimum Gasteiger partial charge on any atom is -0.383 e. The average molecular weight is 577 g/mol. The number of benzene rings is 2. The van der Waals surface area contributed by atoms with Crippen LogP contribution in [-0.2, 0) is 36.2 Å². The molecule has 220 valence electrons. The summed E-state index contributed by atoms with van der Waals surface area (Å²) in [5, 5.41) is 1.52. The second-order valence-corrected chi connectivity index (χ2v) is 16.8. The smallest absolute Gasteiger partial charge is 0.383 e. The van der Waals surface area contributed by atoms with E-state index in [9.17, 15) is 13.2 Å². The van der Waals surface area contributed by atoms with Gasteiger partial charge < -0.3 is 18.9 Å². The molecular weight excluding hydrogens is 533 g/mol. The standard InChI is InChI=1S/C16H19F3O2.C16H24O2Si/c1-20-10-15(11-21-2)8-6-12-4-3-5-13(14(12)15)7-9-16(17,18)19;1-17-11-16(12-18-2)10-9-13-7-6-8-14(15(13)16)19(3,4)5/h3-6,8H,7,9-11H2,1-2H3;6-10H,11-12H2,1-5H3. The highest BCUT2D eigenvalue weighted by molar-refractivity contribution is 6.89. The third-order valence-corrected chi connectivity index (χ3v) is 9.57. The number of alkyl halides is 3. The highest BCUT2D eigenvalue weighted by Crippen LogP contribution is 2.40. The topological polar surface area (TPSA) is 36.9 Å². The molecule has 0 saturated carbocycles. The molecule has 8 heteroatoms. The van der Waals surface area contributed by atoms with Gasteiger partial charge in [-0.3, -0.25) is 0 Å². The van der Waals surface area contributed by atoms with Crippen LogP contribution in [0, 0.1) is 0 Å². The highest BCUT2D eigenvalue weighted by Gasteiger charge is 2.40. The molecule has 0 spiro atoms. The van der Waals surface area contributed by atoms with Gasteiger partial charge in [-0.05, 0) is 34.2 Å². The van der Waals surface area contributed by atoms with Crippen molar-refractivity contribution >= 4 is 25.4 Å². The summed E-state index contributed by atoms with van der Waals surface area (Å²) in [5.74, 6) is 0. The number of methoxy groups -OCH3 is 4. The second-order valence-electron chi connectivity index (χ2n) is 11.7. The monoisotopic (exact) mass is 576 g/mol. The van der Waals surface area contributed by atoms with E-state index >= 15 is 0 Å². The molecule has 2 aromatic carbocycles. The Hall–Kier alpha value is -2.23. The lowest BCUT2D eigenvalue weighted by Crippen LogP contribution is -2.47. The van der Waals surface area contributed by atoms with Crippen LogP contribution in [-0.4, -0.2) is 69.1 Å². The maximum atomic E-state index is 12.5. The van der Waals surface area contributed by atoms with Crippen molar-refractivity contribution in [1.29, 1.82) is 0 Å². The van der Waals surface area contributed by atoms with E-state index in [0.29, 0.717) is 32.0 Å². The summed E-state index contributed by atoms with van der Waals surface area (Å²) >= 11 is 0. The van der Waals surface area contributed by atoms with Gasteiger partial charge in [0.1, 0.15) is 0 Å². The lowest BCUT2D eigenvalue weighted by atomic mass is 9.80. The van der Waals surface area contributed by atoms with Gasteiger partial charge in [-0.25, -0.2) is 0 Å². The Labute approximate surface area is 238 Å². The van der Waals surface area contributed by atoms with E-state index in [1.54, 1.807) is 40.6 Å². The van der Waals surface area contributed by atoms with Crippen LogP contribution >= 0.6 is 0 Å². The highest BCUT2D eigenvalue weighted by atomic mass is 28.3. The van der Waals surface area contributed by atoms with E-state index in [-0.39, 0.29) is 11.8 Å². The lowest BCUT2D eigenvalue weighted by Gasteiger charge is -2.33. The molecule has 0 N–H and O–H groups in total. The van der Waals surface area contributed by atoms with E-state index < -0.39 is 26.1 Å². The van der Waals surface area contributed by atoms with Crippen LogP contribution in [0.15, 0.2) is 48.6 Å². The first-order valence-electron chi connectivity index (χ1n) is 13.5. The molecule has 4 rings (SSSR count). The normalized spacial score (nSPS) is 16.4. The SMILES string of the molecule is COCC1(COC)C=Cc2cccc(CCC(F)(F)F)c21.COCC1(COC)C=Cc2cccc([Si](C)(C)C)c21. The van der Waals surface area contributed by atoms with Gasteiger partial charge in [-0.2, -0.15) is 13.2 Å². The van der Waals surface area contributed by atoms with Gasteiger partial charge in [0.2, 0.25) is 0 Å². The Bertz CT molecular complexity index is 1190. The lowest BCUT2D eigenvalue weighted by molar-refractivity contribution is -0.134. The number of fused-ring (bicyclic) bond motifs is 2. The van der Waals surface area contributed by atoms with Crippen molar-refractivity contribution < 1.29 is 32.1 Å². The van der Waals surface area contributed by atoms with E-state index in [4.69, 9.17) is 18.9 Å². The zero-order valence-corrected chi connectivity index (χ0v) is 25.8. The van der Waals surface area contributed by atoms with Crippen LogP contribution in [0.3, 0.4) is 0 Å². The van der Waals surface area contributed by atoms with Crippen molar-refractivity contribution in [2.75, 3.05) is 54.9 Å². The van der Waals surface area contributed by atoms with E-state index in [0.717, 1.165) is 11.1 Å². The van der Waals surface area contributed by atoms with Gasteiger partial charge in [0.05, 0.1) is 45.3 Å². The number of hydrogen-bond donors (Lipinski definition) is 0. The summed E-state index contributed by atoms with van der Waals surface area (Å²) in [6.45, 7) is 9.29. The summed E-state index contributed by atoms with van der Waals surface area (Å²) < 4.78 is 59.1. The Kier molecular flexibility index (Phi) is 10.6. The van der Waals surface area contributed by atoms with E-state index in [1.165, 1.54) is 16.3 Å². The van der Waals surface area contributed by atoms with Crippen LogP contribution in [0.2, 0.25) is 19.6 Å². The fourth-order valence-corrected chi connectivity index (χ4v) is 7.74. The van der Waals surface area contributed by atoms with Gasteiger partial charge in [-0.15, -0.1) is 0 Å². The third kappa shape index (κ3) is 7.15. The predicted molar refractivity (Wildman–Crippen MR) is 159 cm³/mol. The van der Waals surface area contributed by atoms with Crippen molar-refractivity contribution in [2.45, 2.75) is 49.5 Å². The Balaban J connectivity index is 0.000000222. The molecule has 0 aliphatic heterocycles. The maximum Gasteiger partial charge on any atom is 0.389 e. The molecule has 0 heterocycles. The molecule has 0 fully saturated rings. The van der Waals surface area contributed by atoms with Crippen LogP contribution < -0.4 is 5.19 Å². The zero-order valence-electron chi connectivity index (χ0n) is 24.8. The van der Waals surface area contributed by atoms with Gasteiger partial charge >= 0.3 is 6.18 Å². The summed E-state index contributed by atoms with van der Waals surface area (Å²) in [4.78, 5) is 0. The molecule has 0 amide bonds. The van der Waals surface area contributed by atoms with Crippen LogP contribution in [0.4, 0.5) is 13.2 Å². The second kappa shape index (κ2) is 13.2. The fourth-order valence-electron chi connectivity index (χ4n) is 6.00. The van der Waals surface area contributed by atoms with Gasteiger partial charge in [0.15, 0.2) is 0 Å². The molecule has 0 radical (unpaired) electrons. The van der Waals surface area contributed by atoms with Crippen molar-refractivity contribution in [3.8, 4) is 0 Å². The molecule has 0 unspecified atom stereocenters. The Morgan fingerprint density at radius 2 is 1.12 bits per heavy atom. The summed E-state index contributed by atoms with van der Waals surface area (Å²) in [5.41, 5.74) is 4.70. The first-order valence-corrected chi connectivity index (χ1v) is 17.0. The van der Waals surface area contributed by atoms with Crippen LogP contribution in [0.5, 0.6) is 0 Å². The van der Waals surface area contributed by atoms with E-state index in [2.05, 4.69) is 50.0 Å². The predicted octanol–water partition coefficient (Wildman–Crippen LogP) is 6.53. The number of ether oxygens (including phenoxy) is 4. The van der Waals surface area contributed by atoms with Gasteiger partial charge in [-0.1, -0.05) is 85.5 Å². The Morgan fingerprint density at radius 1 is 0.675 bits per heavy atom. The van der Waals surface area contributed by atoms with Crippen molar-refractivity contribution in [2.24, 2.45) is 0 Å². The third-order valence-electron chi connectivity index (χ3n) is 7.53. The molecule has 2 aliphatic rings. The first-order chi connectivity index (χ1) is 18.9. The molecule has 0 bridgehead atoms. The number of halogens is 3. The molecular formula is C32H43F3O4Si. The average Bonchev–Trinajstić information content (AvgIpc) is 3.43. The maximum absolute atomic E-state index is 12.5. The molecule has 0 saturated heterocycles. The zero-order chi connectivity index (χ0) is 29.6. The minimum atomic E-state index is -4.15. The van der Waals surface area contributed by atoms with Crippen molar-refractivity contribution in [1.82, 2.24) is 0 Å². The molecule has 0 aromatic heterocycles. The molecule has 2 aromatic rings. The first kappa shape index (κ1) is 32.3. The number of hydrogen-bond acceptors (Lipinski definition) is 4. The number of aryl methyl sites for hydroxylation is 1. The van der Waals surface area contributed by atoms with E-state index in [1.807, 2.05) is 18.2 Å². The quantitative estimate of drug-likeness (QED) is 0.285. The van der Waals surface area contributed by atoms with Crippen molar-refractivity contribution in [3.63, 3.8) is 0 Å². The van der Waals surface area contributed by atoms with Crippen LogP contribution in [0.1, 0.15) is 34.2 Å². The molecule has 0 atom stereocenters. The van der Waals surface area contributed by atoms with Gasteiger partial charge in [0.25, 0.3) is 0 Å². The Morgan fingerprint density at radius 3 is 1.57 bits per heavy atom. The minimum absolute atomic E-state index is 0.0243. The molecule has 4 nitrogen and oxygen atoms in total. The summed E-state index contributed by atoms with van der Waals surface area (Å²) in [6, 6.07) is 12.1. The van der Waals surface area contributed by atoms with Crippen LogP contribution in [0.25, 0.3) is 12.2 Å². The van der Waals surface area contributed by atoms with Gasteiger partial charge in [0, 0.05) is 34.9 Å². The fraction of sp³-hybridized carbons (Fsp3) is 0.500. The molecule has 40 heavy (non-hydrogen) atoms.